The zero-order valence-corrected chi connectivity index (χ0v) is 9.36. The molecule has 1 unspecified atom stereocenters. The zero-order chi connectivity index (χ0) is 10.3. The highest BCUT2D eigenvalue weighted by Crippen LogP contribution is 1.96. The predicted octanol–water partition coefficient (Wildman–Crippen LogP) is 0.0456. The molecule has 80 valence electrons. The van der Waals surface area contributed by atoms with Crippen LogP contribution in [0.15, 0.2) is 0 Å². The van der Waals surface area contributed by atoms with E-state index < -0.39 is 9.84 Å². The monoisotopic (exact) mass is 209 g/mol. The number of nitrogens with one attached hydrogen (secondary N) is 1. The van der Waals surface area contributed by atoms with Crippen LogP contribution < -0.4 is 5.32 Å². The van der Waals surface area contributed by atoms with Gasteiger partial charge in [-0.15, -0.1) is 0 Å². The fourth-order valence-electron chi connectivity index (χ4n) is 1.09. The smallest absolute Gasteiger partial charge is 0.147 e. The van der Waals surface area contributed by atoms with E-state index >= 15 is 0 Å². The molecule has 0 rings (SSSR count). The second-order valence-electron chi connectivity index (χ2n) is 3.13. The average molecular weight is 209 g/mol. The SMILES string of the molecule is CCNC(CCS(C)(=O)=O)COC. The van der Waals surface area contributed by atoms with E-state index in [2.05, 4.69) is 5.32 Å². The molecule has 1 N–H and O–H groups in total. The molecular formula is C8H19NO3S. The summed E-state index contributed by atoms with van der Waals surface area (Å²) in [6.07, 6.45) is 1.86. The van der Waals surface area contributed by atoms with Gasteiger partial charge >= 0.3 is 0 Å². The lowest BCUT2D eigenvalue weighted by molar-refractivity contribution is 0.165. The van der Waals surface area contributed by atoms with Crippen molar-refractivity contribution in [2.75, 3.05) is 32.3 Å². The first kappa shape index (κ1) is 12.9. The van der Waals surface area contributed by atoms with Gasteiger partial charge in [0.1, 0.15) is 9.84 Å². The van der Waals surface area contributed by atoms with E-state index in [1.807, 2.05) is 6.92 Å². The minimum atomic E-state index is -2.85. The molecule has 0 radical (unpaired) electrons. The molecule has 5 heteroatoms. The van der Waals surface area contributed by atoms with Crippen LogP contribution >= 0.6 is 0 Å². The lowest BCUT2D eigenvalue weighted by atomic mass is 10.2. The van der Waals surface area contributed by atoms with E-state index in [4.69, 9.17) is 4.74 Å². The molecule has 0 aromatic rings. The van der Waals surface area contributed by atoms with Gasteiger partial charge in [-0.05, 0) is 13.0 Å². The summed E-state index contributed by atoms with van der Waals surface area (Å²) in [4.78, 5) is 0. The number of hydrogen-bond acceptors (Lipinski definition) is 4. The van der Waals surface area contributed by atoms with Crippen LogP contribution in [-0.4, -0.2) is 46.7 Å². The summed E-state index contributed by atoms with van der Waals surface area (Å²) in [5.41, 5.74) is 0. The molecule has 0 aromatic carbocycles. The molecule has 1 atom stereocenters. The second kappa shape index (κ2) is 6.34. The molecule has 0 saturated carbocycles. The number of hydrogen-bond donors (Lipinski definition) is 1. The van der Waals surface area contributed by atoms with Crippen LogP contribution in [0.5, 0.6) is 0 Å². The molecule has 0 heterocycles. The van der Waals surface area contributed by atoms with Gasteiger partial charge in [-0.25, -0.2) is 8.42 Å². The molecule has 0 spiro atoms. The fourth-order valence-corrected chi connectivity index (χ4v) is 1.80. The summed E-state index contributed by atoms with van der Waals surface area (Å²) < 4.78 is 26.7. The second-order valence-corrected chi connectivity index (χ2v) is 5.39. The summed E-state index contributed by atoms with van der Waals surface area (Å²) in [6.45, 7) is 3.38. The molecular weight excluding hydrogens is 190 g/mol. The van der Waals surface area contributed by atoms with Crippen LogP contribution in [0.3, 0.4) is 0 Å². The Morgan fingerprint density at radius 3 is 2.46 bits per heavy atom. The standard InChI is InChI=1S/C8H19NO3S/c1-4-9-8(7-12-2)5-6-13(3,10)11/h8-9H,4-7H2,1-3H3. The predicted molar refractivity (Wildman–Crippen MR) is 53.7 cm³/mol. The Morgan fingerprint density at radius 1 is 1.46 bits per heavy atom. The van der Waals surface area contributed by atoms with Crippen LogP contribution in [0, 0.1) is 0 Å². The van der Waals surface area contributed by atoms with Gasteiger partial charge in [0, 0.05) is 19.4 Å². The number of sulfone groups is 1. The molecule has 4 nitrogen and oxygen atoms in total. The van der Waals surface area contributed by atoms with E-state index in [0.29, 0.717) is 13.0 Å². The van der Waals surface area contributed by atoms with Crippen molar-refractivity contribution in [1.29, 1.82) is 0 Å². The van der Waals surface area contributed by atoms with Gasteiger partial charge in [0.15, 0.2) is 0 Å². The Hall–Kier alpha value is -0.130. The molecule has 0 bridgehead atoms. The lowest BCUT2D eigenvalue weighted by Gasteiger charge is -2.15. The Kier molecular flexibility index (Phi) is 6.28. The Bertz CT molecular complexity index is 207. The fraction of sp³-hybridized carbons (Fsp3) is 1.00. The first-order valence-electron chi connectivity index (χ1n) is 4.39. The summed E-state index contributed by atoms with van der Waals surface area (Å²) in [5, 5.41) is 3.17. The number of methoxy groups -OCH3 is 1. The topological polar surface area (TPSA) is 55.4 Å². The quantitative estimate of drug-likeness (QED) is 0.643. The third-order valence-electron chi connectivity index (χ3n) is 1.70. The van der Waals surface area contributed by atoms with Crippen molar-refractivity contribution >= 4 is 9.84 Å². The molecule has 13 heavy (non-hydrogen) atoms. The Labute approximate surface area is 80.6 Å². The molecule has 0 aliphatic carbocycles. The van der Waals surface area contributed by atoms with Gasteiger partial charge in [0.05, 0.1) is 12.4 Å². The van der Waals surface area contributed by atoms with E-state index in [1.54, 1.807) is 7.11 Å². The van der Waals surface area contributed by atoms with Crippen molar-refractivity contribution in [1.82, 2.24) is 5.32 Å². The maximum absolute atomic E-state index is 10.9. The molecule has 0 saturated heterocycles. The molecule has 0 aromatic heterocycles. The van der Waals surface area contributed by atoms with Gasteiger partial charge in [-0.3, -0.25) is 0 Å². The normalized spacial score (nSPS) is 14.4. The summed E-state index contributed by atoms with van der Waals surface area (Å²) in [5.74, 6) is 0.216. The highest BCUT2D eigenvalue weighted by molar-refractivity contribution is 7.90. The third-order valence-corrected chi connectivity index (χ3v) is 2.68. The van der Waals surface area contributed by atoms with Crippen molar-refractivity contribution in [3.05, 3.63) is 0 Å². The van der Waals surface area contributed by atoms with E-state index in [1.165, 1.54) is 6.26 Å². The maximum atomic E-state index is 10.9. The van der Waals surface area contributed by atoms with Crippen molar-refractivity contribution in [2.24, 2.45) is 0 Å². The van der Waals surface area contributed by atoms with E-state index in [0.717, 1.165) is 6.54 Å². The first-order chi connectivity index (χ1) is 5.99. The third kappa shape index (κ3) is 8.21. The van der Waals surface area contributed by atoms with Crippen molar-refractivity contribution in [3.63, 3.8) is 0 Å². The van der Waals surface area contributed by atoms with Gasteiger partial charge in [0.25, 0.3) is 0 Å². The zero-order valence-electron chi connectivity index (χ0n) is 8.54. The average Bonchev–Trinajstić information content (AvgIpc) is 2.00. The summed E-state index contributed by atoms with van der Waals surface area (Å²) in [6, 6.07) is 0.143. The van der Waals surface area contributed by atoms with Crippen molar-refractivity contribution in [2.45, 2.75) is 19.4 Å². The van der Waals surface area contributed by atoms with Gasteiger partial charge in [-0.1, -0.05) is 6.92 Å². The van der Waals surface area contributed by atoms with Crippen LogP contribution in [0.1, 0.15) is 13.3 Å². The van der Waals surface area contributed by atoms with Gasteiger partial charge in [0.2, 0.25) is 0 Å². The van der Waals surface area contributed by atoms with E-state index in [-0.39, 0.29) is 11.8 Å². The van der Waals surface area contributed by atoms with Gasteiger partial charge < -0.3 is 10.1 Å². The summed E-state index contributed by atoms with van der Waals surface area (Å²) in [7, 11) is -1.24. The largest absolute Gasteiger partial charge is 0.383 e. The van der Waals surface area contributed by atoms with Crippen molar-refractivity contribution < 1.29 is 13.2 Å². The van der Waals surface area contributed by atoms with Crippen molar-refractivity contribution in [3.8, 4) is 0 Å². The molecule has 0 amide bonds. The first-order valence-corrected chi connectivity index (χ1v) is 6.45. The highest BCUT2D eigenvalue weighted by Gasteiger charge is 2.10. The van der Waals surface area contributed by atoms with Crippen LogP contribution in [-0.2, 0) is 14.6 Å². The highest BCUT2D eigenvalue weighted by atomic mass is 32.2. The lowest BCUT2D eigenvalue weighted by Crippen LogP contribution is -2.34. The van der Waals surface area contributed by atoms with Crippen LogP contribution in [0.2, 0.25) is 0 Å². The minimum Gasteiger partial charge on any atom is -0.383 e. The Morgan fingerprint density at radius 2 is 2.08 bits per heavy atom. The molecule has 0 fully saturated rings. The Balaban J connectivity index is 3.81. The number of rotatable bonds is 7. The van der Waals surface area contributed by atoms with Crippen LogP contribution in [0.25, 0.3) is 0 Å². The molecule has 0 aliphatic heterocycles. The minimum absolute atomic E-state index is 0.143. The van der Waals surface area contributed by atoms with Gasteiger partial charge in [-0.2, -0.15) is 0 Å². The number of likely N-dealkylation sites (N-methyl/N-ethyl adjacent to an activating group) is 1. The maximum Gasteiger partial charge on any atom is 0.147 e. The molecule has 0 aliphatic rings. The van der Waals surface area contributed by atoms with E-state index in [9.17, 15) is 8.42 Å². The summed E-state index contributed by atoms with van der Waals surface area (Å²) >= 11 is 0. The van der Waals surface area contributed by atoms with Crippen LogP contribution in [0.4, 0.5) is 0 Å². The number of ether oxygens (including phenoxy) is 1.